The van der Waals surface area contributed by atoms with E-state index >= 15 is 0 Å². The van der Waals surface area contributed by atoms with Crippen LogP contribution in [0.15, 0.2) is 41.4 Å². The molecule has 0 bridgehead atoms. The van der Waals surface area contributed by atoms with Gasteiger partial charge in [-0.25, -0.2) is 14.2 Å². The van der Waals surface area contributed by atoms with E-state index < -0.39 is 5.97 Å². The minimum atomic E-state index is -0.450. The summed E-state index contributed by atoms with van der Waals surface area (Å²) >= 11 is 2.30. The second-order valence-electron chi connectivity index (χ2n) is 5.75. The minimum Gasteiger partial charge on any atom is -0.462 e. The summed E-state index contributed by atoms with van der Waals surface area (Å²) in [6, 6.07) is 9.47. The molecule has 3 aromatic rings. The van der Waals surface area contributed by atoms with Gasteiger partial charge in [-0.05, 0) is 50.2 Å². The van der Waals surface area contributed by atoms with E-state index in [0.717, 1.165) is 16.9 Å². The van der Waals surface area contributed by atoms with Crippen molar-refractivity contribution in [1.29, 1.82) is 0 Å². The lowest BCUT2D eigenvalue weighted by atomic mass is 10.1. The van der Waals surface area contributed by atoms with Crippen LogP contribution < -0.4 is 5.32 Å². The zero-order chi connectivity index (χ0) is 20.8. The molecule has 7 nitrogen and oxygen atoms in total. The third kappa shape index (κ3) is 5.58. The summed E-state index contributed by atoms with van der Waals surface area (Å²) in [7, 11) is 0. The van der Waals surface area contributed by atoms with Gasteiger partial charge in [-0.2, -0.15) is 0 Å². The van der Waals surface area contributed by atoms with Gasteiger partial charge < -0.3 is 10.1 Å². The predicted octanol–water partition coefficient (Wildman–Crippen LogP) is 3.96. The van der Waals surface area contributed by atoms with Crippen molar-refractivity contribution in [1.82, 2.24) is 15.2 Å². The molecule has 3 rings (SSSR count). The van der Waals surface area contributed by atoms with Crippen LogP contribution >= 0.6 is 23.1 Å². The lowest BCUT2D eigenvalue weighted by Crippen LogP contribution is -2.14. The maximum atomic E-state index is 13.0. The Morgan fingerprint density at radius 2 is 1.93 bits per heavy atom. The number of amides is 1. The molecule has 1 N–H and O–H groups in total. The number of thiazole rings is 1. The van der Waals surface area contributed by atoms with Crippen molar-refractivity contribution in [3.63, 3.8) is 0 Å². The highest BCUT2D eigenvalue weighted by Crippen LogP contribution is 2.24. The van der Waals surface area contributed by atoms with Gasteiger partial charge in [0, 0.05) is 5.56 Å². The van der Waals surface area contributed by atoms with Crippen molar-refractivity contribution in [3.05, 3.63) is 52.8 Å². The van der Waals surface area contributed by atoms with E-state index in [1.54, 1.807) is 38.1 Å². The highest BCUT2D eigenvalue weighted by atomic mass is 32.2. The first-order chi connectivity index (χ1) is 14.0. The molecule has 0 atom stereocenters. The molecule has 0 saturated carbocycles. The molecule has 29 heavy (non-hydrogen) atoms. The fraction of sp³-hybridized carbons (Fsp3) is 0.211. The van der Waals surface area contributed by atoms with E-state index in [-0.39, 0.29) is 24.1 Å². The minimum absolute atomic E-state index is 0.109. The van der Waals surface area contributed by atoms with E-state index in [1.807, 2.05) is 0 Å². The third-order valence-corrected chi connectivity index (χ3v) is 5.61. The predicted molar refractivity (Wildman–Crippen MR) is 110 cm³/mol. The first-order valence-corrected chi connectivity index (χ1v) is 10.4. The lowest BCUT2D eigenvalue weighted by molar-refractivity contribution is -0.113. The van der Waals surface area contributed by atoms with E-state index in [0.29, 0.717) is 26.4 Å². The molecule has 0 saturated heterocycles. The van der Waals surface area contributed by atoms with Crippen LogP contribution in [0.4, 0.5) is 9.52 Å². The highest BCUT2D eigenvalue weighted by Gasteiger charge is 2.17. The number of halogens is 1. The summed E-state index contributed by atoms with van der Waals surface area (Å²) in [6.07, 6.45) is 0. The second-order valence-corrected chi connectivity index (χ2v) is 7.75. The monoisotopic (exact) mass is 432 g/mol. The lowest BCUT2D eigenvalue weighted by Gasteiger charge is -2.03. The Hall–Kier alpha value is -2.85. The van der Waals surface area contributed by atoms with E-state index in [1.165, 1.54) is 23.9 Å². The zero-order valence-electron chi connectivity index (χ0n) is 15.6. The number of anilines is 1. The number of hydrogen-bond acceptors (Lipinski definition) is 8. The molecule has 1 aromatic carbocycles. The van der Waals surface area contributed by atoms with Crippen LogP contribution in [0.3, 0.4) is 0 Å². The molecule has 0 aliphatic rings. The van der Waals surface area contributed by atoms with Crippen LogP contribution in [0, 0.1) is 12.7 Å². The van der Waals surface area contributed by atoms with Gasteiger partial charge in [0.2, 0.25) is 5.91 Å². The Labute approximate surface area is 174 Å². The van der Waals surface area contributed by atoms with Crippen LogP contribution in [-0.2, 0) is 9.53 Å². The van der Waals surface area contributed by atoms with E-state index in [9.17, 15) is 14.0 Å². The van der Waals surface area contributed by atoms with Crippen molar-refractivity contribution >= 4 is 40.1 Å². The van der Waals surface area contributed by atoms with Gasteiger partial charge in [-0.1, -0.05) is 23.1 Å². The largest absolute Gasteiger partial charge is 0.462 e. The summed E-state index contributed by atoms with van der Waals surface area (Å²) in [5.74, 6) is -0.931. The van der Waals surface area contributed by atoms with Gasteiger partial charge in [-0.3, -0.25) is 4.79 Å². The Bertz CT molecular complexity index is 1010. The fourth-order valence-electron chi connectivity index (χ4n) is 2.30. The van der Waals surface area contributed by atoms with Crippen LogP contribution in [0.25, 0.3) is 11.3 Å². The van der Waals surface area contributed by atoms with Crippen molar-refractivity contribution in [2.45, 2.75) is 18.9 Å². The molecular weight excluding hydrogens is 415 g/mol. The number of nitrogens with zero attached hydrogens (tertiary/aromatic N) is 3. The molecule has 1 amide bonds. The first kappa shape index (κ1) is 20.9. The quantitative estimate of drug-likeness (QED) is 0.446. The molecule has 0 fully saturated rings. The van der Waals surface area contributed by atoms with Crippen molar-refractivity contribution in [2.75, 3.05) is 17.7 Å². The smallest absolute Gasteiger partial charge is 0.350 e. The third-order valence-electron chi connectivity index (χ3n) is 3.63. The van der Waals surface area contributed by atoms with Gasteiger partial charge in [0.15, 0.2) is 5.13 Å². The molecule has 0 radical (unpaired) electrons. The highest BCUT2D eigenvalue weighted by molar-refractivity contribution is 7.99. The zero-order valence-corrected chi connectivity index (χ0v) is 17.3. The van der Waals surface area contributed by atoms with Crippen LogP contribution in [0.1, 0.15) is 22.3 Å². The van der Waals surface area contributed by atoms with Crippen LogP contribution in [0.5, 0.6) is 0 Å². The number of carbonyl (C=O) groups is 2. The molecule has 150 valence electrons. The Morgan fingerprint density at radius 3 is 2.59 bits per heavy atom. The van der Waals surface area contributed by atoms with E-state index in [2.05, 4.69) is 20.5 Å². The summed E-state index contributed by atoms with van der Waals surface area (Å²) in [5, 5.41) is 11.8. The summed E-state index contributed by atoms with van der Waals surface area (Å²) in [4.78, 5) is 28.5. The van der Waals surface area contributed by atoms with Crippen molar-refractivity contribution in [2.24, 2.45) is 0 Å². The number of nitrogens with one attached hydrogen (secondary N) is 1. The summed E-state index contributed by atoms with van der Waals surface area (Å²) in [6.45, 7) is 3.68. The van der Waals surface area contributed by atoms with Gasteiger partial charge in [0.05, 0.1) is 23.7 Å². The maximum Gasteiger partial charge on any atom is 0.350 e. The summed E-state index contributed by atoms with van der Waals surface area (Å²) < 4.78 is 18.0. The van der Waals surface area contributed by atoms with Gasteiger partial charge in [-0.15, -0.1) is 10.2 Å². The van der Waals surface area contributed by atoms with Crippen molar-refractivity contribution < 1.29 is 18.7 Å². The Balaban J connectivity index is 1.55. The summed E-state index contributed by atoms with van der Waals surface area (Å²) in [5.41, 5.74) is 1.88. The molecule has 0 unspecified atom stereocenters. The molecule has 2 aromatic heterocycles. The van der Waals surface area contributed by atoms with Gasteiger partial charge in [0.1, 0.15) is 15.7 Å². The number of hydrogen-bond donors (Lipinski definition) is 1. The SMILES string of the molecule is CCOC(=O)c1sc(NC(=O)CSc2ccc(-c3ccc(F)cc3)nn2)nc1C. The van der Waals surface area contributed by atoms with Crippen LogP contribution in [0.2, 0.25) is 0 Å². The fourth-order valence-corrected chi connectivity index (χ4v) is 3.79. The van der Waals surface area contributed by atoms with Gasteiger partial charge in [0.25, 0.3) is 0 Å². The molecule has 10 heteroatoms. The number of thioether (sulfide) groups is 1. The van der Waals surface area contributed by atoms with Gasteiger partial charge >= 0.3 is 5.97 Å². The van der Waals surface area contributed by atoms with E-state index in [4.69, 9.17) is 4.74 Å². The Kier molecular flexibility index (Phi) is 6.89. The number of carbonyl (C=O) groups excluding carboxylic acids is 2. The van der Waals surface area contributed by atoms with Crippen LogP contribution in [-0.4, -0.2) is 39.4 Å². The average Bonchev–Trinajstić information content (AvgIpc) is 3.08. The average molecular weight is 433 g/mol. The Morgan fingerprint density at radius 1 is 1.17 bits per heavy atom. The normalized spacial score (nSPS) is 10.6. The molecule has 0 aliphatic heterocycles. The maximum absolute atomic E-state index is 13.0. The number of ether oxygens (including phenoxy) is 1. The topological polar surface area (TPSA) is 94.1 Å². The standard InChI is InChI=1S/C19H17FN4O3S2/c1-3-27-18(26)17-11(2)21-19(29-17)22-15(25)10-28-16-9-8-14(23-24-16)12-4-6-13(20)7-5-12/h4-9H,3,10H2,1-2H3,(H,21,22,25). The first-order valence-electron chi connectivity index (χ1n) is 8.63. The molecular formula is C19H17FN4O3S2. The van der Waals surface area contributed by atoms with Crippen molar-refractivity contribution in [3.8, 4) is 11.3 Å². The number of esters is 1. The molecule has 2 heterocycles. The molecule has 0 spiro atoms. The molecule has 0 aliphatic carbocycles. The number of benzene rings is 1. The number of aromatic nitrogens is 3. The number of aryl methyl sites for hydroxylation is 1. The second kappa shape index (κ2) is 9.57. The number of rotatable bonds is 7.